The lowest BCUT2D eigenvalue weighted by Crippen LogP contribution is -2.30. The van der Waals surface area contributed by atoms with E-state index in [4.69, 9.17) is 0 Å². The molecule has 0 heterocycles. The summed E-state index contributed by atoms with van der Waals surface area (Å²) in [5.74, 6) is 0.519. The topological polar surface area (TPSA) is 66.5 Å². The van der Waals surface area contributed by atoms with E-state index in [1.54, 1.807) is 12.1 Å². The number of hydrogen-bond acceptors (Lipinski definition) is 3. The van der Waals surface area contributed by atoms with Crippen molar-refractivity contribution in [3.63, 3.8) is 0 Å². The highest BCUT2D eigenvalue weighted by molar-refractivity contribution is 7.92. The van der Waals surface area contributed by atoms with Crippen molar-refractivity contribution in [1.29, 1.82) is 0 Å². The number of aryl methyl sites for hydroxylation is 1. The van der Waals surface area contributed by atoms with Gasteiger partial charge in [0.1, 0.15) is 0 Å². The predicted molar refractivity (Wildman–Crippen MR) is 118 cm³/mol. The zero-order valence-electron chi connectivity index (χ0n) is 17.2. The van der Waals surface area contributed by atoms with Crippen molar-refractivity contribution in [2.75, 3.05) is 17.1 Å². The van der Waals surface area contributed by atoms with E-state index in [1.807, 2.05) is 43.3 Å². The fraction of sp³-hybridized carbons (Fsp3) is 0.435. The molecule has 156 valence electrons. The number of nitrogens with one attached hydrogen (secondary N) is 1. The van der Waals surface area contributed by atoms with Gasteiger partial charge in [0.25, 0.3) is 5.91 Å². The van der Waals surface area contributed by atoms with Gasteiger partial charge in [0.2, 0.25) is 10.0 Å². The average Bonchev–Trinajstić information content (AvgIpc) is 2.71. The Morgan fingerprint density at radius 2 is 1.62 bits per heavy atom. The van der Waals surface area contributed by atoms with Crippen LogP contribution in [0.15, 0.2) is 48.5 Å². The summed E-state index contributed by atoms with van der Waals surface area (Å²) in [4.78, 5) is 12.4. The van der Waals surface area contributed by atoms with Crippen LogP contribution in [0.5, 0.6) is 0 Å². The molecule has 2 aromatic carbocycles. The number of sulfonamides is 1. The zero-order valence-corrected chi connectivity index (χ0v) is 18.0. The van der Waals surface area contributed by atoms with E-state index in [0.717, 1.165) is 17.7 Å². The molecule has 0 radical (unpaired) electrons. The molecule has 0 aliphatic heterocycles. The van der Waals surface area contributed by atoms with E-state index in [-0.39, 0.29) is 12.5 Å². The van der Waals surface area contributed by atoms with Crippen molar-refractivity contribution in [2.45, 2.75) is 45.6 Å². The van der Waals surface area contributed by atoms with E-state index in [0.29, 0.717) is 17.2 Å². The van der Waals surface area contributed by atoms with Crippen molar-refractivity contribution in [3.05, 3.63) is 65.2 Å². The van der Waals surface area contributed by atoms with Crippen molar-refractivity contribution in [1.82, 2.24) is 5.32 Å². The number of amides is 1. The molecule has 0 spiro atoms. The Morgan fingerprint density at radius 1 is 1.00 bits per heavy atom. The van der Waals surface area contributed by atoms with Crippen LogP contribution in [0.2, 0.25) is 0 Å². The Kier molecular flexibility index (Phi) is 6.96. The van der Waals surface area contributed by atoms with Gasteiger partial charge in [-0.25, -0.2) is 8.42 Å². The molecule has 1 aliphatic carbocycles. The van der Waals surface area contributed by atoms with Gasteiger partial charge in [-0.15, -0.1) is 0 Å². The second-order valence-corrected chi connectivity index (χ2v) is 9.92. The summed E-state index contributed by atoms with van der Waals surface area (Å²) in [6.45, 7) is 2.92. The summed E-state index contributed by atoms with van der Waals surface area (Å²) in [5, 5.41) is 3.04. The maximum absolute atomic E-state index is 12.4. The van der Waals surface area contributed by atoms with Gasteiger partial charge in [-0.05, 0) is 55.5 Å². The van der Waals surface area contributed by atoms with E-state index in [1.165, 1.54) is 42.7 Å². The van der Waals surface area contributed by atoms with Crippen LogP contribution >= 0.6 is 0 Å². The first-order valence-electron chi connectivity index (χ1n) is 10.2. The van der Waals surface area contributed by atoms with Gasteiger partial charge in [-0.1, -0.05) is 49.1 Å². The van der Waals surface area contributed by atoms with Gasteiger partial charge < -0.3 is 5.32 Å². The molecule has 0 unspecified atom stereocenters. The van der Waals surface area contributed by atoms with Crippen LogP contribution in [0.3, 0.4) is 0 Å². The number of carbonyl (C=O) groups is 1. The minimum absolute atomic E-state index is 0.0689. The average molecular weight is 415 g/mol. The highest BCUT2D eigenvalue weighted by atomic mass is 32.2. The van der Waals surface area contributed by atoms with Crippen LogP contribution in [0.4, 0.5) is 5.69 Å². The number of carbonyl (C=O) groups excluding carboxylic acids is 1. The summed E-state index contributed by atoms with van der Waals surface area (Å²) < 4.78 is 26.0. The van der Waals surface area contributed by atoms with Crippen LogP contribution in [0, 0.1) is 12.8 Å². The van der Waals surface area contributed by atoms with Crippen LogP contribution in [-0.2, 0) is 16.6 Å². The molecule has 6 heteroatoms. The summed E-state index contributed by atoms with van der Waals surface area (Å²) in [6.07, 6.45) is 7.41. The van der Waals surface area contributed by atoms with Crippen molar-refractivity contribution < 1.29 is 13.2 Å². The highest BCUT2D eigenvalue weighted by Gasteiger charge is 2.18. The number of hydrogen-bond donors (Lipinski definition) is 1. The maximum atomic E-state index is 12.4. The third-order valence-electron chi connectivity index (χ3n) is 5.54. The van der Waals surface area contributed by atoms with Crippen LogP contribution in [0.25, 0.3) is 0 Å². The second kappa shape index (κ2) is 9.44. The quantitative estimate of drug-likeness (QED) is 0.736. The Bertz CT molecular complexity index is 916. The van der Waals surface area contributed by atoms with Gasteiger partial charge in [0, 0.05) is 12.1 Å². The molecule has 0 saturated heterocycles. The SMILES string of the molecule is Cc1ccc(N(Cc2ccc(C(=O)NCC3CCCCC3)cc2)S(C)(=O)=O)cc1. The van der Waals surface area contributed by atoms with E-state index in [2.05, 4.69) is 5.32 Å². The molecule has 0 bridgehead atoms. The van der Waals surface area contributed by atoms with Crippen molar-refractivity contribution >= 4 is 21.6 Å². The molecule has 1 amide bonds. The van der Waals surface area contributed by atoms with Gasteiger partial charge in [-0.3, -0.25) is 9.10 Å². The molecule has 1 saturated carbocycles. The normalized spacial score (nSPS) is 15.1. The first-order valence-corrected chi connectivity index (χ1v) is 12.1. The Labute approximate surface area is 174 Å². The summed E-state index contributed by atoms with van der Waals surface area (Å²) in [5.41, 5.74) is 3.14. The fourth-order valence-electron chi connectivity index (χ4n) is 3.77. The molecule has 1 N–H and O–H groups in total. The highest BCUT2D eigenvalue weighted by Crippen LogP contribution is 2.23. The second-order valence-electron chi connectivity index (χ2n) is 8.02. The third-order valence-corrected chi connectivity index (χ3v) is 6.68. The van der Waals surface area contributed by atoms with Crippen LogP contribution in [0.1, 0.15) is 53.6 Å². The Morgan fingerprint density at radius 3 is 2.21 bits per heavy atom. The van der Waals surface area contributed by atoms with Crippen LogP contribution < -0.4 is 9.62 Å². The number of benzene rings is 2. The summed E-state index contributed by atoms with van der Waals surface area (Å²) >= 11 is 0. The number of rotatable bonds is 7. The monoisotopic (exact) mass is 414 g/mol. The molecule has 2 aromatic rings. The predicted octanol–water partition coefficient (Wildman–Crippen LogP) is 4.27. The van der Waals surface area contributed by atoms with Gasteiger partial charge in [0.05, 0.1) is 18.5 Å². The minimum atomic E-state index is -3.42. The molecular weight excluding hydrogens is 384 g/mol. The molecule has 29 heavy (non-hydrogen) atoms. The molecule has 1 fully saturated rings. The Balaban J connectivity index is 1.64. The zero-order chi connectivity index (χ0) is 20.9. The minimum Gasteiger partial charge on any atom is -0.352 e. The first-order chi connectivity index (χ1) is 13.8. The largest absolute Gasteiger partial charge is 0.352 e. The van der Waals surface area contributed by atoms with Gasteiger partial charge in [0.15, 0.2) is 0 Å². The van der Waals surface area contributed by atoms with Crippen LogP contribution in [-0.4, -0.2) is 27.1 Å². The molecule has 0 aromatic heterocycles. The van der Waals surface area contributed by atoms with E-state index < -0.39 is 10.0 Å². The van der Waals surface area contributed by atoms with Gasteiger partial charge in [-0.2, -0.15) is 0 Å². The molecule has 0 atom stereocenters. The summed E-state index contributed by atoms with van der Waals surface area (Å²) in [6, 6.07) is 14.6. The molecule has 5 nitrogen and oxygen atoms in total. The van der Waals surface area contributed by atoms with Gasteiger partial charge >= 0.3 is 0 Å². The molecule has 1 aliphatic rings. The van der Waals surface area contributed by atoms with Crippen molar-refractivity contribution in [2.24, 2.45) is 5.92 Å². The smallest absolute Gasteiger partial charge is 0.251 e. The molecular formula is C23H30N2O3S. The number of nitrogens with zero attached hydrogens (tertiary/aromatic N) is 1. The first kappa shape index (κ1) is 21.4. The lowest BCUT2D eigenvalue weighted by atomic mass is 9.89. The van der Waals surface area contributed by atoms with Crippen molar-refractivity contribution in [3.8, 4) is 0 Å². The standard InChI is InChI=1S/C23H30N2O3S/c1-18-8-14-22(15-9-18)25(29(2,27)28)17-20-10-12-21(13-11-20)23(26)24-16-19-6-4-3-5-7-19/h8-15,19H,3-7,16-17H2,1-2H3,(H,24,26). The summed E-state index contributed by atoms with van der Waals surface area (Å²) in [7, 11) is -3.42. The van der Waals surface area contributed by atoms with E-state index in [9.17, 15) is 13.2 Å². The van der Waals surface area contributed by atoms with E-state index >= 15 is 0 Å². The number of anilines is 1. The third kappa shape index (κ3) is 6.07. The molecule has 3 rings (SSSR count). The lowest BCUT2D eigenvalue weighted by Gasteiger charge is -2.23. The Hall–Kier alpha value is -2.34. The fourth-order valence-corrected chi connectivity index (χ4v) is 4.66. The maximum Gasteiger partial charge on any atom is 0.251 e. The lowest BCUT2D eigenvalue weighted by molar-refractivity contribution is 0.0943.